The number of pyridine rings is 1. The van der Waals surface area contributed by atoms with E-state index in [4.69, 9.17) is 9.47 Å². The van der Waals surface area contributed by atoms with E-state index in [9.17, 15) is 9.18 Å². The smallest absolute Gasteiger partial charge is 0.248 e. The van der Waals surface area contributed by atoms with Gasteiger partial charge >= 0.3 is 0 Å². The quantitative estimate of drug-likeness (QED) is 0.782. The lowest BCUT2D eigenvalue weighted by molar-refractivity contribution is -0.161. The average molecular weight is 339 g/mol. The highest BCUT2D eigenvalue weighted by atomic mass is 19.1. The molecule has 0 spiro atoms. The highest BCUT2D eigenvalue weighted by Crippen LogP contribution is 2.22. The molecule has 1 atom stereocenters. The van der Waals surface area contributed by atoms with Crippen LogP contribution in [-0.2, 0) is 20.8 Å². The molecular formula is C17H26FN3O3. The third kappa shape index (κ3) is 5.81. The topological polar surface area (TPSA) is 54.9 Å². The van der Waals surface area contributed by atoms with Gasteiger partial charge in [-0.15, -0.1) is 0 Å². The number of morpholine rings is 1. The number of carbonyl (C=O) groups is 1. The minimum atomic E-state index is -0.335. The predicted molar refractivity (Wildman–Crippen MR) is 87.9 cm³/mol. The van der Waals surface area contributed by atoms with Gasteiger partial charge in [0.15, 0.2) is 0 Å². The molecule has 0 bridgehead atoms. The van der Waals surface area contributed by atoms with E-state index in [0.29, 0.717) is 19.7 Å². The van der Waals surface area contributed by atoms with Crippen LogP contribution in [0, 0.1) is 5.82 Å². The van der Waals surface area contributed by atoms with Gasteiger partial charge in [0.25, 0.3) is 0 Å². The van der Waals surface area contributed by atoms with Gasteiger partial charge in [-0.1, -0.05) is 0 Å². The molecule has 1 saturated heterocycles. The Morgan fingerprint density at radius 2 is 2.25 bits per heavy atom. The first-order valence-corrected chi connectivity index (χ1v) is 8.03. The Kier molecular flexibility index (Phi) is 6.26. The van der Waals surface area contributed by atoms with E-state index in [2.05, 4.69) is 9.88 Å². The molecule has 0 aromatic carbocycles. The Morgan fingerprint density at radius 1 is 1.50 bits per heavy atom. The van der Waals surface area contributed by atoms with Crippen molar-refractivity contribution < 1.29 is 18.7 Å². The van der Waals surface area contributed by atoms with Gasteiger partial charge < -0.3 is 14.4 Å². The summed E-state index contributed by atoms with van der Waals surface area (Å²) < 4.78 is 24.8. The number of rotatable bonds is 6. The van der Waals surface area contributed by atoms with Gasteiger partial charge in [-0.05, 0) is 25.5 Å². The molecule has 0 N–H and O–H groups in total. The zero-order chi connectivity index (χ0) is 17.7. The third-order valence-corrected chi connectivity index (χ3v) is 3.75. The molecule has 1 aromatic rings. The first-order valence-electron chi connectivity index (χ1n) is 8.03. The minimum absolute atomic E-state index is 0.0428. The van der Waals surface area contributed by atoms with Crippen molar-refractivity contribution in [1.29, 1.82) is 0 Å². The number of nitrogens with zero attached hydrogens (tertiary/aromatic N) is 3. The number of aromatic nitrogens is 1. The van der Waals surface area contributed by atoms with Gasteiger partial charge in [0.1, 0.15) is 12.4 Å². The van der Waals surface area contributed by atoms with Crippen LogP contribution in [-0.4, -0.2) is 72.8 Å². The van der Waals surface area contributed by atoms with E-state index >= 15 is 0 Å². The first kappa shape index (κ1) is 18.8. The second-order valence-electron chi connectivity index (χ2n) is 6.98. The van der Waals surface area contributed by atoms with Gasteiger partial charge in [-0.2, -0.15) is 0 Å². The molecule has 7 heteroatoms. The van der Waals surface area contributed by atoms with Gasteiger partial charge in [0.2, 0.25) is 5.91 Å². The second kappa shape index (κ2) is 8.00. The normalized spacial score (nSPS) is 20.8. The summed E-state index contributed by atoms with van der Waals surface area (Å²) in [4.78, 5) is 19.1. The summed E-state index contributed by atoms with van der Waals surface area (Å²) >= 11 is 0. The summed E-state index contributed by atoms with van der Waals surface area (Å²) in [7, 11) is 3.39. The first-order chi connectivity index (χ1) is 11.2. The van der Waals surface area contributed by atoms with Gasteiger partial charge in [0, 0.05) is 39.9 Å². The second-order valence-corrected chi connectivity index (χ2v) is 6.98. The highest BCUT2D eigenvalue weighted by molar-refractivity contribution is 5.76. The SMILES string of the molecule is CN(C)C(=O)COCC1CN(Cc2cncc(F)c2)CC(C)(C)O1. The Hall–Kier alpha value is -1.57. The Balaban J connectivity index is 1.90. The average Bonchev–Trinajstić information content (AvgIpc) is 2.45. The fourth-order valence-corrected chi connectivity index (χ4v) is 2.83. The molecular weight excluding hydrogens is 313 g/mol. The molecule has 0 aliphatic carbocycles. The van der Waals surface area contributed by atoms with Crippen LogP contribution in [0.2, 0.25) is 0 Å². The van der Waals surface area contributed by atoms with Gasteiger partial charge in [0.05, 0.1) is 24.5 Å². The molecule has 0 saturated carbocycles. The molecule has 24 heavy (non-hydrogen) atoms. The molecule has 1 unspecified atom stereocenters. The largest absolute Gasteiger partial charge is 0.369 e. The van der Waals surface area contributed by atoms with Crippen LogP contribution in [0.5, 0.6) is 0 Å². The molecule has 2 rings (SSSR count). The Bertz CT molecular complexity index is 566. The summed E-state index contributed by atoms with van der Waals surface area (Å²) in [5, 5.41) is 0. The van der Waals surface area contributed by atoms with E-state index in [0.717, 1.165) is 12.1 Å². The Labute approximate surface area is 142 Å². The van der Waals surface area contributed by atoms with E-state index < -0.39 is 0 Å². The lowest BCUT2D eigenvalue weighted by Crippen LogP contribution is -2.53. The monoisotopic (exact) mass is 339 g/mol. The lowest BCUT2D eigenvalue weighted by Gasteiger charge is -2.42. The summed E-state index contributed by atoms with van der Waals surface area (Å²) in [5.41, 5.74) is 0.494. The van der Waals surface area contributed by atoms with Gasteiger partial charge in [-0.3, -0.25) is 14.7 Å². The van der Waals surface area contributed by atoms with Crippen LogP contribution in [0.15, 0.2) is 18.5 Å². The lowest BCUT2D eigenvalue weighted by atomic mass is 10.0. The molecule has 1 fully saturated rings. The minimum Gasteiger partial charge on any atom is -0.369 e. The molecule has 1 aromatic heterocycles. The third-order valence-electron chi connectivity index (χ3n) is 3.75. The number of carbonyl (C=O) groups excluding carboxylic acids is 1. The van der Waals surface area contributed by atoms with Crippen LogP contribution < -0.4 is 0 Å². The van der Waals surface area contributed by atoms with Crippen molar-refractivity contribution in [3.8, 4) is 0 Å². The van der Waals surface area contributed by atoms with Crippen LogP contribution in [0.1, 0.15) is 19.4 Å². The Morgan fingerprint density at radius 3 is 2.92 bits per heavy atom. The highest BCUT2D eigenvalue weighted by Gasteiger charge is 2.33. The number of hydrogen-bond donors (Lipinski definition) is 0. The standard InChI is InChI=1S/C17H26FN3O3/c1-17(2)12-21(8-13-5-14(18)7-19-6-13)9-15(24-17)10-23-11-16(22)20(3)4/h5-7,15H,8-12H2,1-4H3. The van der Waals surface area contributed by atoms with Crippen molar-refractivity contribution in [3.05, 3.63) is 29.8 Å². The zero-order valence-corrected chi connectivity index (χ0v) is 14.8. The molecule has 134 valence electrons. The van der Waals surface area contributed by atoms with E-state index in [1.165, 1.54) is 17.2 Å². The molecule has 2 heterocycles. The fourth-order valence-electron chi connectivity index (χ4n) is 2.83. The van der Waals surface area contributed by atoms with Crippen molar-refractivity contribution in [2.75, 3.05) is 40.4 Å². The maximum atomic E-state index is 13.3. The van der Waals surface area contributed by atoms with Crippen molar-refractivity contribution in [3.63, 3.8) is 0 Å². The fraction of sp³-hybridized carbons (Fsp3) is 0.647. The predicted octanol–water partition coefficient (Wildman–Crippen LogP) is 1.30. The summed E-state index contributed by atoms with van der Waals surface area (Å²) in [6.07, 6.45) is 2.74. The van der Waals surface area contributed by atoms with Crippen molar-refractivity contribution >= 4 is 5.91 Å². The maximum absolute atomic E-state index is 13.3. The van der Waals surface area contributed by atoms with E-state index in [1.807, 2.05) is 13.8 Å². The molecule has 1 amide bonds. The number of halogens is 1. The number of amides is 1. The van der Waals surface area contributed by atoms with E-state index in [-0.39, 0.29) is 30.0 Å². The van der Waals surface area contributed by atoms with Crippen LogP contribution in [0.25, 0.3) is 0 Å². The van der Waals surface area contributed by atoms with Crippen LogP contribution in [0.3, 0.4) is 0 Å². The number of hydrogen-bond acceptors (Lipinski definition) is 5. The summed E-state index contributed by atoms with van der Waals surface area (Å²) in [5.74, 6) is -0.408. The molecule has 0 radical (unpaired) electrons. The zero-order valence-electron chi connectivity index (χ0n) is 14.8. The maximum Gasteiger partial charge on any atom is 0.248 e. The van der Waals surface area contributed by atoms with Crippen LogP contribution >= 0.6 is 0 Å². The molecule has 6 nitrogen and oxygen atoms in total. The van der Waals surface area contributed by atoms with Crippen molar-refractivity contribution in [2.45, 2.75) is 32.1 Å². The van der Waals surface area contributed by atoms with Gasteiger partial charge in [-0.25, -0.2) is 4.39 Å². The number of likely N-dealkylation sites (N-methyl/N-ethyl adjacent to an activating group) is 1. The van der Waals surface area contributed by atoms with Crippen LogP contribution in [0.4, 0.5) is 4.39 Å². The summed E-state index contributed by atoms with van der Waals surface area (Å²) in [6, 6.07) is 1.50. The molecule has 1 aliphatic heterocycles. The van der Waals surface area contributed by atoms with Crippen molar-refractivity contribution in [2.24, 2.45) is 0 Å². The van der Waals surface area contributed by atoms with E-state index in [1.54, 1.807) is 20.3 Å². The summed E-state index contributed by atoms with van der Waals surface area (Å²) in [6.45, 7) is 6.42. The number of ether oxygens (including phenoxy) is 2. The van der Waals surface area contributed by atoms with Crippen molar-refractivity contribution in [1.82, 2.24) is 14.8 Å². The molecule has 1 aliphatic rings.